The van der Waals surface area contributed by atoms with E-state index in [2.05, 4.69) is 0 Å². The molecule has 0 bridgehead atoms. The Balaban J connectivity index is 2.68. The molecule has 0 aromatic heterocycles. The third kappa shape index (κ3) is 5.03. The van der Waals surface area contributed by atoms with Gasteiger partial charge in [0.05, 0.1) is 18.4 Å². The van der Waals surface area contributed by atoms with E-state index in [9.17, 15) is 9.59 Å². The Morgan fingerprint density at radius 2 is 1.85 bits per heavy atom. The lowest BCUT2D eigenvalue weighted by atomic mass is 9.88. The van der Waals surface area contributed by atoms with Crippen LogP contribution in [0, 0.1) is 5.92 Å². The zero-order chi connectivity index (χ0) is 14.8. The van der Waals surface area contributed by atoms with E-state index in [1.165, 1.54) is 12.5 Å². The monoisotopic (exact) mass is 278 g/mol. The molecular weight excluding hydrogens is 256 g/mol. The topological polar surface area (TPSA) is 52.6 Å². The zero-order valence-electron chi connectivity index (χ0n) is 12.1. The number of rotatable bonds is 6. The molecule has 110 valence electrons. The van der Waals surface area contributed by atoms with E-state index in [-0.39, 0.29) is 0 Å². The van der Waals surface area contributed by atoms with Crippen molar-refractivity contribution in [1.29, 1.82) is 0 Å². The molecule has 0 amide bonds. The highest BCUT2D eigenvalue weighted by Crippen LogP contribution is 2.27. The first-order chi connectivity index (χ1) is 9.70. The molecule has 1 aliphatic rings. The normalized spacial score (nSPS) is 19.1. The highest BCUT2D eigenvalue weighted by Gasteiger charge is 2.31. The van der Waals surface area contributed by atoms with Crippen LogP contribution < -0.4 is 0 Å². The lowest BCUT2D eigenvalue weighted by Crippen LogP contribution is -2.25. The molecule has 20 heavy (non-hydrogen) atoms. The highest BCUT2D eigenvalue weighted by atomic mass is 16.5. The lowest BCUT2D eigenvalue weighted by molar-refractivity contribution is -0.145. The van der Waals surface area contributed by atoms with Crippen LogP contribution in [0.3, 0.4) is 0 Å². The van der Waals surface area contributed by atoms with Gasteiger partial charge in [-0.25, -0.2) is 4.79 Å². The minimum atomic E-state index is -0.521. The predicted molar refractivity (Wildman–Crippen MR) is 76.5 cm³/mol. The summed E-state index contributed by atoms with van der Waals surface area (Å²) >= 11 is 0. The fourth-order valence-corrected chi connectivity index (χ4v) is 1.92. The van der Waals surface area contributed by atoms with Gasteiger partial charge in [0, 0.05) is 5.57 Å². The third-order valence-electron chi connectivity index (χ3n) is 2.98. The van der Waals surface area contributed by atoms with Crippen LogP contribution in [-0.4, -0.2) is 11.9 Å². The van der Waals surface area contributed by atoms with E-state index in [1.54, 1.807) is 18.2 Å². The first kappa shape index (κ1) is 16.2. The highest BCUT2D eigenvalue weighted by molar-refractivity contribution is 5.96. The summed E-state index contributed by atoms with van der Waals surface area (Å²) in [5, 5.41) is 0. The number of allylic oxidation sites excluding steroid dienone is 3. The van der Waals surface area contributed by atoms with E-state index < -0.39 is 17.9 Å². The molecule has 0 aromatic carbocycles. The fraction of sp³-hybridized carbons (Fsp3) is 0.500. The Hall–Kier alpha value is -1.84. The van der Waals surface area contributed by atoms with E-state index in [4.69, 9.17) is 9.47 Å². The van der Waals surface area contributed by atoms with Gasteiger partial charge in [0.25, 0.3) is 0 Å². The Morgan fingerprint density at radius 3 is 2.50 bits per heavy atom. The molecule has 4 nitrogen and oxygen atoms in total. The van der Waals surface area contributed by atoms with Crippen LogP contribution in [0.1, 0.15) is 46.0 Å². The van der Waals surface area contributed by atoms with Gasteiger partial charge in [0.15, 0.2) is 0 Å². The zero-order valence-corrected chi connectivity index (χ0v) is 12.1. The standard InChI is InChI=1S/C16H22O4/c1-3-5-11-19-15(17)13-9-7-8-10-14(13)16(18)20-12-6-4-2/h5-6,9,11-12,14H,3-4,7-8,10H2,1-2H3/b11-5+,12-6+. The molecule has 1 unspecified atom stereocenters. The maximum Gasteiger partial charge on any atom is 0.339 e. The average Bonchev–Trinajstić information content (AvgIpc) is 2.47. The van der Waals surface area contributed by atoms with Gasteiger partial charge in [-0.15, -0.1) is 0 Å². The summed E-state index contributed by atoms with van der Waals surface area (Å²) in [6, 6.07) is 0. The van der Waals surface area contributed by atoms with Gasteiger partial charge in [-0.1, -0.05) is 19.9 Å². The summed E-state index contributed by atoms with van der Waals surface area (Å²) in [5.41, 5.74) is 0.409. The van der Waals surface area contributed by atoms with Gasteiger partial charge in [0.1, 0.15) is 0 Å². The van der Waals surface area contributed by atoms with Crippen molar-refractivity contribution in [3.63, 3.8) is 0 Å². The van der Waals surface area contributed by atoms with E-state index in [1.807, 2.05) is 13.8 Å². The van der Waals surface area contributed by atoms with Crippen LogP contribution in [0.15, 0.2) is 36.3 Å². The van der Waals surface area contributed by atoms with Crippen molar-refractivity contribution in [2.45, 2.75) is 46.0 Å². The van der Waals surface area contributed by atoms with Gasteiger partial charge in [-0.05, 0) is 44.3 Å². The van der Waals surface area contributed by atoms with Crippen LogP contribution in [0.25, 0.3) is 0 Å². The summed E-state index contributed by atoms with van der Waals surface area (Å²) in [4.78, 5) is 23.9. The number of hydrogen-bond acceptors (Lipinski definition) is 4. The largest absolute Gasteiger partial charge is 0.434 e. The van der Waals surface area contributed by atoms with Gasteiger partial charge in [-0.2, -0.15) is 0 Å². The number of esters is 2. The van der Waals surface area contributed by atoms with Crippen molar-refractivity contribution >= 4 is 11.9 Å². The smallest absolute Gasteiger partial charge is 0.339 e. The lowest BCUT2D eigenvalue weighted by Gasteiger charge is -2.20. The number of ether oxygens (including phenoxy) is 2. The maximum absolute atomic E-state index is 12.0. The van der Waals surface area contributed by atoms with E-state index in [0.717, 1.165) is 25.7 Å². The molecule has 0 radical (unpaired) electrons. The Morgan fingerprint density at radius 1 is 1.20 bits per heavy atom. The molecule has 4 heteroatoms. The second-order valence-electron chi connectivity index (χ2n) is 4.55. The number of carbonyl (C=O) groups is 2. The summed E-state index contributed by atoms with van der Waals surface area (Å²) < 4.78 is 10.1. The quantitative estimate of drug-likeness (QED) is 0.549. The van der Waals surface area contributed by atoms with Crippen LogP contribution in [0.5, 0.6) is 0 Å². The van der Waals surface area contributed by atoms with Crippen LogP contribution in [0.4, 0.5) is 0 Å². The number of carbonyl (C=O) groups excluding carboxylic acids is 2. The molecule has 0 heterocycles. The molecule has 1 atom stereocenters. The summed E-state index contributed by atoms with van der Waals surface area (Å²) in [6.07, 6.45) is 11.9. The second kappa shape index (κ2) is 9.13. The summed E-state index contributed by atoms with van der Waals surface area (Å²) in [7, 11) is 0. The van der Waals surface area contributed by atoms with Crippen LogP contribution >= 0.6 is 0 Å². The van der Waals surface area contributed by atoms with Gasteiger partial charge >= 0.3 is 11.9 Å². The predicted octanol–water partition coefficient (Wildman–Crippen LogP) is 3.65. The number of hydrogen-bond donors (Lipinski definition) is 0. The minimum Gasteiger partial charge on any atom is -0.434 e. The first-order valence-electron chi connectivity index (χ1n) is 7.12. The minimum absolute atomic E-state index is 0.392. The van der Waals surface area contributed by atoms with Crippen molar-refractivity contribution in [3.8, 4) is 0 Å². The second-order valence-corrected chi connectivity index (χ2v) is 4.55. The third-order valence-corrected chi connectivity index (χ3v) is 2.98. The molecule has 0 saturated carbocycles. The molecule has 0 aromatic rings. The van der Waals surface area contributed by atoms with Crippen LogP contribution in [0.2, 0.25) is 0 Å². The Kier molecular flexibility index (Phi) is 7.40. The van der Waals surface area contributed by atoms with Crippen molar-refractivity contribution in [2.75, 3.05) is 0 Å². The molecule has 0 saturated heterocycles. The molecule has 1 rings (SSSR count). The Labute approximate surface area is 120 Å². The summed E-state index contributed by atoms with van der Waals surface area (Å²) in [6.45, 7) is 3.90. The molecule has 1 aliphatic carbocycles. The van der Waals surface area contributed by atoms with Gasteiger partial charge in [-0.3, -0.25) is 4.79 Å². The van der Waals surface area contributed by atoms with E-state index >= 15 is 0 Å². The molecular formula is C16H22O4. The van der Waals surface area contributed by atoms with Gasteiger partial charge in [0.2, 0.25) is 0 Å². The van der Waals surface area contributed by atoms with Crippen LogP contribution in [-0.2, 0) is 19.1 Å². The van der Waals surface area contributed by atoms with Crippen molar-refractivity contribution in [2.24, 2.45) is 5.92 Å². The summed E-state index contributed by atoms with van der Waals surface area (Å²) in [5.74, 6) is -1.37. The molecule has 0 aliphatic heterocycles. The maximum atomic E-state index is 12.0. The van der Waals surface area contributed by atoms with Crippen molar-refractivity contribution in [3.05, 3.63) is 36.3 Å². The first-order valence-corrected chi connectivity index (χ1v) is 7.12. The molecule has 0 N–H and O–H groups in total. The Bertz CT molecular complexity index is 418. The average molecular weight is 278 g/mol. The van der Waals surface area contributed by atoms with Crippen molar-refractivity contribution in [1.82, 2.24) is 0 Å². The SMILES string of the molecule is CC/C=C/OC(=O)C1=CCCCC1C(=O)O/C=C/CC. The van der Waals surface area contributed by atoms with Crippen molar-refractivity contribution < 1.29 is 19.1 Å². The fourth-order valence-electron chi connectivity index (χ4n) is 1.92. The van der Waals surface area contributed by atoms with Gasteiger partial charge < -0.3 is 9.47 Å². The molecule has 0 spiro atoms. The molecule has 0 fully saturated rings. The van der Waals surface area contributed by atoms with E-state index in [0.29, 0.717) is 12.0 Å².